The fourth-order valence-electron chi connectivity index (χ4n) is 2.78. The molecule has 0 spiro atoms. The van der Waals surface area contributed by atoms with Gasteiger partial charge in [-0.1, -0.05) is 19.8 Å². The molecule has 7 nitrogen and oxygen atoms in total. The van der Waals surface area contributed by atoms with Crippen LogP contribution >= 0.6 is 0 Å². The van der Waals surface area contributed by atoms with Crippen molar-refractivity contribution in [2.45, 2.75) is 45.6 Å². The molecule has 2 aromatic rings. The number of carbonyl (C=O) groups is 2. The van der Waals surface area contributed by atoms with E-state index in [0.29, 0.717) is 35.1 Å². The zero-order valence-electron chi connectivity index (χ0n) is 15.1. The number of aryl methyl sites for hydroxylation is 1. The summed E-state index contributed by atoms with van der Waals surface area (Å²) in [6.45, 7) is 3.68. The normalized spacial score (nSPS) is 12.0. The number of hydrogen-bond acceptors (Lipinski definition) is 5. The van der Waals surface area contributed by atoms with E-state index in [-0.39, 0.29) is 12.0 Å². The number of carbonyl (C=O) groups excluding carboxylic acids is 1. The summed E-state index contributed by atoms with van der Waals surface area (Å²) in [5, 5.41) is 12.4. The van der Waals surface area contributed by atoms with Crippen molar-refractivity contribution < 1.29 is 23.8 Å². The Labute approximate surface area is 151 Å². The van der Waals surface area contributed by atoms with Crippen LogP contribution in [-0.2, 0) is 16.0 Å². The minimum Gasteiger partial charge on any atom is -0.497 e. The summed E-state index contributed by atoms with van der Waals surface area (Å²) < 4.78 is 10.4. The molecule has 140 valence electrons. The largest absolute Gasteiger partial charge is 0.497 e. The molecular formula is C19H23NO6. The highest BCUT2D eigenvalue weighted by Gasteiger charge is 2.21. The van der Waals surface area contributed by atoms with Gasteiger partial charge in [-0.15, -0.1) is 0 Å². The number of hydrogen-bond donors (Lipinski definition) is 2. The number of amides is 1. The second-order valence-corrected chi connectivity index (χ2v) is 6.13. The summed E-state index contributed by atoms with van der Waals surface area (Å²) in [6, 6.07) is 4.15. The lowest BCUT2D eigenvalue weighted by atomic mass is 10.0. The van der Waals surface area contributed by atoms with E-state index in [1.807, 2.05) is 6.92 Å². The highest BCUT2D eigenvalue weighted by molar-refractivity contribution is 5.87. The van der Waals surface area contributed by atoms with Crippen LogP contribution in [0.3, 0.4) is 0 Å². The maximum atomic E-state index is 12.3. The number of aliphatic carboxylic acids is 1. The van der Waals surface area contributed by atoms with Crippen LogP contribution < -0.4 is 15.7 Å². The standard InChI is InChI=1S/C19H23NO6/c1-4-5-6-15(18(22)23)20-17(21)10-14-11(2)13-8-7-12(25-3)9-16(13)26-19(14)24/h7-9,15H,4-6,10H2,1-3H3,(H,20,21)(H,22,23)/t15-/m0/s1. The van der Waals surface area contributed by atoms with Crippen molar-refractivity contribution in [3.8, 4) is 5.75 Å². The van der Waals surface area contributed by atoms with Crippen LogP contribution in [-0.4, -0.2) is 30.1 Å². The predicted octanol–water partition coefficient (Wildman–Crippen LogP) is 2.41. The summed E-state index contributed by atoms with van der Waals surface area (Å²) in [5.74, 6) is -1.04. The van der Waals surface area contributed by atoms with E-state index < -0.39 is 23.5 Å². The minimum absolute atomic E-state index is 0.222. The monoisotopic (exact) mass is 361 g/mol. The molecule has 0 radical (unpaired) electrons. The predicted molar refractivity (Wildman–Crippen MR) is 96.6 cm³/mol. The smallest absolute Gasteiger partial charge is 0.340 e. The zero-order chi connectivity index (χ0) is 19.3. The van der Waals surface area contributed by atoms with Crippen molar-refractivity contribution in [1.82, 2.24) is 5.32 Å². The van der Waals surface area contributed by atoms with Crippen LogP contribution in [0, 0.1) is 6.92 Å². The summed E-state index contributed by atoms with van der Waals surface area (Å²) in [5.41, 5.74) is 0.621. The molecule has 0 saturated heterocycles. The van der Waals surface area contributed by atoms with E-state index in [2.05, 4.69) is 5.32 Å². The molecule has 0 bridgehead atoms. The molecule has 1 aromatic carbocycles. The fraction of sp³-hybridized carbons (Fsp3) is 0.421. The van der Waals surface area contributed by atoms with Crippen LogP contribution in [0.5, 0.6) is 5.75 Å². The number of unbranched alkanes of at least 4 members (excludes halogenated alkanes) is 1. The van der Waals surface area contributed by atoms with Crippen molar-refractivity contribution in [2.75, 3.05) is 7.11 Å². The first kappa shape index (κ1) is 19.5. The minimum atomic E-state index is -1.08. The molecule has 0 saturated carbocycles. The average molecular weight is 361 g/mol. The van der Waals surface area contributed by atoms with Gasteiger partial charge in [0.2, 0.25) is 5.91 Å². The van der Waals surface area contributed by atoms with Gasteiger partial charge < -0.3 is 19.6 Å². The molecular weight excluding hydrogens is 338 g/mol. The molecule has 0 unspecified atom stereocenters. The van der Waals surface area contributed by atoms with Gasteiger partial charge in [0.15, 0.2) is 0 Å². The van der Waals surface area contributed by atoms with E-state index in [4.69, 9.17) is 9.15 Å². The first-order valence-corrected chi connectivity index (χ1v) is 8.49. The summed E-state index contributed by atoms with van der Waals surface area (Å²) >= 11 is 0. The lowest BCUT2D eigenvalue weighted by Gasteiger charge is -2.14. The van der Waals surface area contributed by atoms with Crippen LogP contribution in [0.25, 0.3) is 11.0 Å². The molecule has 0 aliphatic rings. The van der Waals surface area contributed by atoms with E-state index >= 15 is 0 Å². The molecule has 2 N–H and O–H groups in total. The van der Waals surface area contributed by atoms with Gasteiger partial charge in [0.1, 0.15) is 17.4 Å². The van der Waals surface area contributed by atoms with E-state index in [1.165, 1.54) is 7.11 Å². The topological polar surface area (TPSA) is 106 Å². The number of carboxylic acids is 1. The summed E-state index contributed by atoms with van der Waals surface area (Å²) in [4.78, 5) is 35.8. The number of rotatable bonds is 8. The Morgan fingerprint density at radius 3 is 2.69 bits per heavy atom. The molecule has 1 atom stereocenters. The number of carboxylic acid groups (broad SMARTS) is 1. The van der Waals surface area contributed by atoms with E-state index in [9.17, 15) is 19.5 Å². The van der Waals surface area contributed by atoms with E-state index in [1.54, 1.807) is 25.1 Å². The Kier molecular flexibility index (Phi) is 6.38. The molecule has 0 fully saturated rings. The lowest BCUT2D eigenvalue weighted by molar-refractivity contribution is -0.142. The van der Waals surface area contributed by atoms with Crippen LogP contribution in [0.4, 0.5) is 0 Å². The van der Waals surface area contributed by atoms with Crippen LogP contribution in [0.1, 0.15) is 37.3 Å². The molecule has 0 aliphatic heterocycles. The zero-order valence-corrected chi connectivity index (χ0v) is 15.1. The van der Waals surface area contributed by atoms with E-state index in [0.717, 1.165) is 6.42 Å². The SMILES string of the molecule is CCCC[C@H](NC(=O)Cc1c(C)c2ccc(OC)cc2oc1=O)C(=O)O. The third kappa shape index (κ3) is 4.41. The number of benzene rings is 1. The van der Waals surface area contributed by atoms with Crippen molar-refractivity contribution in [3.63, 3.8) is 0 Å². The Balaban J connectivity index is 2.25. The molecule has 26 heavy (non-hydrogen) atoms. The van der Waals surface area contributed by atoms with Gasteiger partial charge in [0.05, 0.1) is 19.1 Å². The van der Waals surface area contributed by atoms with Gasteiger partial charge in [0.25, 0.3) is 0 Å². The fourth-order valence-corrected chi connectivity index (χ4v) is 2.78. The molecule has 1 amide bonds. The highest BCUT2D eigenvalue weighted by atomic mass is 16.5. The lowest BCUT2D eigenvalue weighted by Crippen LogP contribution is -2.42. The first-order valence-electron chi connectivity index (χ1n) is 8.49. The number of ether oxygens (including phenoxy) is 1. The Morgan fingerprint density at radius 1 is 1.35 bits per heavy atom. The molecule has 1 heterocycles. The summed E-state index contributed by atoms with van der Waals surface area (Å²) in [6.07, 6.45) is 1.64. The Morgan fingerprint density at radius 2 is 2.08 bits per heavy atom. The van der Waals surface area contributed by atoms with Crippen molar-refractivity contribution in [2.24, 2.45) is 0 Å². The number of methoxy groups -OCH3 is 1. The quantitative estimate of drug-likeness (QED) is 0.700. The Hall–Kier alpha value is -2.83. The third-order valence-electron chi connectivity index (χ3n) is 4.31. The van der Waals surface area contributed by atoms with Gasteiger partial charge in [-0.2, -0.15) is 0 Å². The van der Waals surface area contributed by atoms with Crippen molar-refractivity contribution in [1.29, 1.82) is 0 Å². The third-order valence-corrected chi connectivity index (χ3v) is 4.31. The van der Waals surface area contributed by atoms with Gasteiger partial charge in [-0.25, -0.2) is 9.59 Å². The molecule has 1 aromatic heterocycles. The molecule has 0 aliphatic carbocycles. The maximum absolute atomic E-state index is 12.3. The van der Waals surface area contributed by atoms with Gasteiger partial charge in [-0.05, 0) is 31.0 Å². The molecule has 7 heteroatoms. The number of fused-ring (bicyclic) bond motifs is 1. The van der Waals surface area contributed by atoms with Crippen LogP contribution in [0.2, 0.25) is 0 Å². The van der Waals surface area contributed by atoms with Gasteiger partial charge in [-0.3, -0.25) is 4.79 Å². The van der Waals surface area contributed by atoms with Crippen LogP contribution in [0.15, 0.2) is 27.4 Å². The molecule has 2 rings (SSSR count). The Bertz CT molecular complexity index is 870. The second-order valence-electron chi connectivity index (χ2n) is 6.13. The highest BCUT2D eigenvalue weighted by Crippen LogP contribution is 2.24. The maximum Gasteiger partial charge on any atom is 0.340 e. The average Bonchev–Trinajstić information content (AvgIpc) is 2.61. The number of nitrogens with one attached hydrogen (secondary N) is 1. The van der Waals surface area contributed by atoms with Gasteiger partial charge in [0, 0.05) is 11.5 Å². The second kappa shape index (κ2) is 8.51. The summed E-state index contributed by atoms with van der Waals surface area (Å²) in [7, 11) is 1.52. The van der Waals surface area contributed by atoms with Gasteiger partial charge >= 0.3 is 11.6 Å². The first-order chi connectivity index (χ1) is 12.4. The van der Waals surface area contributed by atoms with Crippen molar-refractivity contribution in [3.05, 3.63) is 39.7 Å². The van der Waals surface area contributed by atoms with Crippen molar-refractivity contribution >= 4 is 22.8 Å².